The minimum absolute atomic E-state index is 0.0650. The van der Waals surface area contributed by atoms with E-state index in [4.69, 9.17) is 16.3 Å². The number of nitro benzene ring substituents is 1. The van der Waals surface area contributed by atoms with E-state index in [2.05, 4.69) is 20.8 Å². The first kappa shape index (κ1) is 22.6. The molecule has 2 saturated heterocycles. The van der Waals surface area contributed by atoms with Gasteiger partial charge in [-0.15, -0.1) is 0 Å². The van der Waals surface area contributed by atoms with Gasteiger partial charge in [0.2, 0.25) is 10.0 Å². The molecule has 2 aliphatic heterocycles. The first-order chi connectivity index (χ1) is 14.8. The molecule has 2 aromatic carbocycles. The molecule has 2 aliphatic rings. The summed E-state index contributed by atoms with van der Waals surface area (Å²) < 4.78 is 33.7. The van der Waals surface area contributed by atoms with Crippen LogP contribution in [0.1, 0.15) is 11.6 Å². The van der Waals surface area contributed by atoms with Crippen LogP contribution in [-0.4, -0.2) is 61.9 Å². The standard InChI is InChI=1S/C20H21BrClN3O5S/c21-18-6-1-14(11-19(18)22)20(15-12-30-13-15)23-7-9-24(10-8-23)31(28,29)17-4-2-16(3-5-17)25(26)27/h1-6,11,15,20H,7-10,12-13H2. The second-order valence-corrected chi connectivity index (χ2v) is 10.8. The van der Waals surface area contributed by atoms with Crippen LogP contribution >= 0.6 is 27.5 Å². The highest BCUT2D eigenvalue weighted by atomic mass is 79.9. The van der Waals surface area contributed by atoms with Crippen molar-refractivity contribution in [2.75, 3.05) is 39.4 Å². The van der Waals surface area contributed by atoms with Crippen molar-refractivity contribution in [2.24, 2.45) is 5.92 Å². The molecular weight excluding hydrogens is 510 g/mol. The molecule has 11 heteroatoms. The van der Waals surface area contributed by atoms with E-state index in [0.29, 0.717) is 50.3 Å². The van der Waals surface area contributed by atoms with E-state index in [1.807, 2.05) is 18.2 Å². The van der Waals surface area contributed by atoms with Gasteiger partial charge < -0.3 is 4.74 Å². The molecule has 0 aliphatic carbocycles. The van der Waals surface area contributed by atoms with Crippen LogP contribution in [0, 0.1) is 16.0 Å². The molecule has 0 saturated carbocycles. The summed E-state index contributed by atoms with van der Waals surface area (Å²) in [6, 6.07) is 11.0. The number of hydrogen-bond donors (Lipinski definition) is 0. The number of nitrogens with zero attached hydrogens (tertiary/aromatic N) is 3. The first-order valence-electron chi connectivity index (χ1n) is 9.79. The first-order valence-corrected chi connectivity index (χ1v) is 12.4. The van der Waals surface area contributed by atoms with Crippen LogP contribution in [0.3, 0.4) is 0 Å². The number of piperazine rings is 1. The summed E-state index contributed by atoms with van der Waals surface area (Å²) in [6.07, 6.45) is 0. The summed E-state index contributed by atoms with van der Waals surface area (Å²) in [7, 11) is -3.71. The summed E-state index contributed by atoms with van der Waals surface area (Å²) in [4.78, 5) is 12.6. The van der Waals surface area contributed by atoms with Gasteiger partial charge in [-0.1, -0.05) is 17.7 Å². The Morgan fingerprint density at radius 3 is 2.26 bits per heavy atom. The Balaban J connectivity index is 1.49. The minimum Gasteiger partial charge on any atom is -0.381 e. The number of benzene rings is 2. The summed E-state index contributed by atoms with van der Waals surface area (Å²) in [5.41, 5.74) is 0.954. The van der Waals surface area contributed by atoms with Crippen molar-refractivity contribution in [3.05, 3.63) is 67.6 Å². The van der Waals surface area contributed by atoms with E-state index in [1.54, 1.807) is 0 Å². The molecule has 0 spiro atoms. The van der Waals surface area contributed by atoms with Crippen LogP contribution in [0.15, 0.2) is 51.8 Å². The van der Waals surface area contributed by atoms with Crippen LogP contribution in [0.25, 0.3) is 0 Å². The van der Waals surface area contributed by atoms with Gasteiger partial charge in [-0.2, -0.15) is 4.31 Å². The maximum absolute atomic E-state index is 13.0. The van der Waals surface area contributed by atoms with Crippen LogP contribution in [0.4, 0.5) is 5.69 Å². The molecule has 0 radical (unpaired) electrons. The molecule has 0 aromatic heterocycles. The maximum atomic E-state index is 13.0. The number of halogens is 2. The van der Waals surface area contributed by atoms with E-state index in [9.17, 15) is 18.5 Å². The molecule has 8 nitrogen and oxygen atoms in total. The Labute approximate surface area is 194 Å². The average molecular weight is 531 g/mol. The third-order valence-corrected chi connectivity index (χ3v) is 8.89. The molecule has 4 rings (SSSR count). The molecule has 0 amide bonds. The Bertz CT molecular complexity index is 1070. The van der Waals surface area contributed by atoms with Gasteiger partial charge in [0.25, 0.3) is 5.69 Å². The predicted octanol–water partition coefficient (Wildman–Crippen LogP) is 3.70. The van der Waals surface area contributed by atoms with Crippen molar-refractivity contribution in [1.29, 1.82) is 0 Å². The van der Waals surface area contributed by atoms with Crippen LogP contribution in [-0.2, 0) is 14.8 Å². The fourth-order valence-electron chi connectivity index (χ4n) is 4.02. The fourth-order valence-corrected chi connectivity index (χ4v) is 5.88. The Kier molecular flexibility index (Phi) is 6.66. The molecule has 0 N–H and O–H groups in total. The quantitative estimate of drug-likeness (QED) is 0.418. The number of rotatable bonds is 6. The lowest BCUT2D eigenvalue weighted by Crippen LogP contribution is -2.52. The Morgan fingerprint density at radius 1 is 1.10 bits per heavy atom. The Hall–Kier alpha value is -1.56. The molecule has 31 heavy (non-hydrogen) atoms. The van der Waals surface area contributed by atoms with Crippen molar-refractivity contribution in [1.82, 2.24) is 9.21 Å². The normalized spacial score (nSPS) is 19.7. The number of hydrogen-bond acceptors (Lipinski definition) is 6. The molecule has 1 atom stereocenters. The third kappa shape index (κ3) is 4.64. The van der Waals surface area contributed by atoms with Gasteiger partial charge >= 0.3 is 0 Å². The van der Waals surface area contributed by atoms with E-state index in [-0.39, 0.29) is 16.6 Å². The second kappa shape index (κ2) is 9.13. The van der Waals surface area contributed by atoms with Crippen LogP contribution in [0.5, 0.6) is 0 Å². The molecule has 2 heterocycles. The molecule has 1 unspecified atom stereocenters. The van der Waals surface area contributed by atoms with E-state index in [0.717, 1.165) is 10.0 Å². The van der Waals surface area contributed by atoms with Gasteiger partial charge in [-0.3, -0.25) is 15.0 Å². The Morgan fingerprint density at radius 2 is 1.74 bits per heavy atom. The van der Waals surface area contributed by atoms with Crippen LogP contribution in [0.2, 0.25) is 5.02 Å². The number of non-ortho nitro benzene ring substituents is 1. The second-order valence-electron chi connectivity index (χ2n) is 7.61. The SMILES string of the molecule is O=[N+]([O-])c1ccc(S(=O)(=O)N2CCN(C(c3ccc(Br)c(Cl)c3)C3COC3)CC2)cc1. The van der Waals surface area contributed by atoms with Crippen molar-refractivity contribution >= 4 is 43.2 Å². The molecular formula is C20H21BrClN3O5S. The van der Waals surface area contributed by atoms with Gasteiger partial charge in [0.05, 0.1) is 28.1 Å². The molecule has 2 aromatic rings. The molecule has 0 bridgehead atoms. The lowest BCUT2D eigenvalue weighted by molar-refractivity contribution is -0.384. The van der Waals surface area contributed by atoms with E-state index < -0.39 is 14.9 Å². The van der Waals surface area contributed by atoms with Gasteiger partial charge in [-0.05, 0) is 45.8 Å². The third-order valence-electron chi connectivity index (χ3n) is 5.75. The zero-order valence-electron chi connectivity index (χ0n) is 16.5. The average Bonchev–Trinajstić information content (AvgIpc) is 2.73. The largest absolute Gasteiger partial charge is 0.381 e. The smallest absolute Gasteiger partial charge is 0.269 e. The lowest BCUT2D eigenvalue weighted by atomic mass is 9.89. The summed E-state index contributed by atoms with van der Waals surface area (Å²) in [6.45, 7) is 3.16. The topological polar surface area (TPSA) is 93.0 Å². The highest BCUT2D eigenvalue weighted by Crippen LogP contribution is 2.37. The minimum atomic E-state index is -3.71. The lowest BCUT2D eigenvalue weighted by Gasteiger charge is -2.44. The highest BCUT2D eigenvalue weighted by molar-refractivity contribution is 9.10. The van der Waals surface area contributed by atoms with Gasteiger partial charge in [0.1, 0.15) is 0 Å². The number of sulfonamides is 1. The summed E-state index contributed by atoms with van der Waals surface area (Å²) >= 11 is 9.74. The van der Waals surface area contributed by atoms with Gasteiger partial charge in [-0.25, -0.2) is 8.42 Å². The highest BCUT2D eigenvalue weighted by Gasteiger charge is 2.37. The number of nitro groups is 1. The fraction of sp³-hybridized carbons (Fsp3) is 0.400. The zero-order valence-corrected chi connectivity index (χ0v) is 19.6. The zero-order chi connectivity index (χ0) is 22.2. The van der Waals surface area contributed by atoms with E-state index >= 15 is 0 Å². The molecule has 166 valence electrons. The van der Waals surface area contributed by atoms with Gasteiger partial charge in [0.15, 0.2) is 0 Å². The van der Waals surface area contributed by atoms with Crippen molar-refractivity contribution < 1.29 is 18.1 Å². The summed E-state index contributed by atoms with van der Waals surface area (Å²) in [5, 5.41) is 11.5. The predicted molar refractivity (Wildman–Crippen MR) is 120 cm³/mol. The van der Waals surface area contributed by atoms with Crippen molar-refractivity contribution in [2.45, 2.75) is 10.9 Å². The van der Waals surface area contributed by atoms with Crippen molar-refractivity contribution in [3.63, 3.8) is 0 Å². The monoisotopic (exact) mass is 529 g/mol. The molecule has 2 fully saturated rings. The van der Waals surface area contributed by atoms with E-state index in [1.165, 1.54) is 28.6 Å². The van der Waals surface area contributed by atoms with Gasteiger partial charge in [0, 0.05) is 54.7 Å². The van der Waals surface area contributed by atoms with Crippen molar-refractivity contribution in [3.8, 4) is 0 Å². The van der Waals surface area contributed by atoms with Crippen LogP contribution < -0.4 is 0 Å². The number of ether oxygens (including phenoxy) is 1. The summed E-state index contributed by atoms with van der Waals surface area (Å²) in [5.74, 6) is 0.329. The maximum Gasteiger partial charge on any atom is 0.269 e.